The van der Waals surface area contributed by atoms with Gasteiger partial charge in [0.05, 0.1) is 5.69 Å². The van der Waals surface area contributed by atoms with Gasteiger partial charge in [-0.25, -0.2) is 0 Å². The predicted molar refractivity (Wildman–Crippen MR) is 60.4 cm³/mol. The highest BCUT2D eigenvalue weighted by molar-refractivity contribution is 9.11. The Hall–Kier alpha value is -0.150. The maximum Gasteiger partial charge on any atom is 0.0909 e. The van der Waals surface area contributed by atoms with Gasteiger partial charge in [0.15, 0.2) is 0 Å². The van der Waals surface area contributed by atoms with Crippen molar-refractivity contribution in [1.82, 2.24) is 0 Å². The molecule has 1 rings (SSSR count). The minimum Gasteiger partial charge on any atom is -0.259 e. The lowest BCUT2D eigenvalue weighted by molar-refractivity contribution is 1.39. The first-order valence-electron chi connectivity index (χ1n) is 3.59. The van der Waals surface area contributed by atoms with Crippen molar-refractivity contribution < 1.29 is 0 Å². The fraction of sp³-hybridized carbons (Fsp3) is 0.222. The molecule has 0 aliphatic rings. The zero-order chi connectivity index (χ0) is 9.14. The van der Waals surface area contributed by atoms with Gasteiger partial charge < -0.3 is 0 Å². The van der Waals surface area contributed by atoms with Crippen LogP contribution in [-0.4, -0.2) is 6.21 Å². The number of nitrogens with zero attached hydrogens (tertiary/aromatic N) is 1. The second-order valence-electron chi connectivity index (χ2n) is 2.46. The molecule has 0 atom stereocenters. The van der Waals surface area contributed by atoms with Crippen LogP contribution in [0.4, 0.5) is 5.69 Å². The summed E-state index contributed by atoms with van der Waals surface area (Å²) in [5.41, 5.74) is 2.16. The molecule has 0 spiro atoms. The van der Waals surface area contributed by atoms with E-state index in [0.29, 0.717) is 0 Å². The van der Waals surface area contributed by atoms with E-state index in [0.717, 1.165) is 14.6 Å². The summed E-state index contributed by atoms with van der Waals surface area (Å²) in [6.07, 6.45) is 1.78. The summed E-state index contributed by atoms with van der Waals surface area (Å²) in [6, 6.07) is 4.10. The van der Waals surface area contributed by atoms with E-state index in [-0.39, 0.29) is 0 Å². The van der Waals surface area contributed by atoms with Crippen LogP contribution >= 0.6 is 31.9 Å². The van der Waals surface area contributed by atoms with Gasteiger partial charge in [0.1, 0.15) is 0 Å². The normalized spacial score (nSPS) is 11.0. The van der Waals surface area contributed by atoms with Crippen molar-refractivity contribution in [2.75, 3.05) is 0 Å². The minimum atomic E-state index is 0.947. The second-order valence-corrected chi connectivity index (χ2v) is 4.17. The Morgan fingerprint density at radius 2 is 1.75 bits per heavy atom. The van der Waals surface area contributed by atoms with Crippen molar-refractivity contribution in [3.05, 3.63) is 26.6 Å². The Labute approximate surface area is 89.2 Å². The van der Waals surface area contributed by atoms with Gasteiger partial charge in [-0.2, -0.15) is 0 Å². The highest BCUT2D eigenvalue weighted by Crippen LogP contribution is 2.34. The Morgan fingerprint density at radius 1 is 1.25 bits per heavy atom. The molecule has 12 heavy (non-hydrogen) atoms. The smallest absolute Gasteiger partial charge is 0.0909 e. The average Bonchev–Trinajstić information content (AvgIpc) is 1.96. The monoisotopic (exact) mass is 289 g/mol. The summed E-state index contributed by atoms with van der Waals surface area (Å²) in [6.45, 7) is 3.95. The molecule has 0 heterocycles. The van der Waals surface area contributed by atoms with Crippen LogP contribution in [0.1, 0.15) is 12.5 Å². The van der Waals surface area contributed by atoms with E-state index in [9.17, 15) is 0 Å². The lowest BCUT2D eigenvalue weighted by Crippen LogP contribution is -1.76. The number of halogens is 2. The van der Waals surface area contributed by atoms with E-state index >= 15 is 0 Å². The molecule has 0 aliphatic heterocycles. The van der Waals surface area contributed by atoms with E-state index < -0.39 is 0 Å². The first kappa shape index (κ1) is 9.93. The van der Waals surface area contributed by atoms with Crippen molar-refractivity contribution in [2.45, 2.75) is 13.8 Å². The molecule has 0 N–H and O–H groups in total. The van der Waals surface area contributed by atoms with Crippen molar-refractivity contribution in [3.63, 3.8) is 0 Å². The van der Waals surface area contributed by atoms with Gasteiger partial charge in [-0.15, -0.1) is 0 Å². The molecule has 0 unspecified atom stereocenters. The maximum absolute atomic E-state index is 4.23. The number of hydrogen-bond donors (Lipinski definition) is 0. The van der Waals surface area contributed by atoms with Gasteiger partial charge in [0.25, 0.3) is 0 Å². The molecule has 0 aromatic heterocycles. The molecule has 0 fully saturated rings. The summed E-state index contributed by atoms with van der Waals surface area (Å²) in [5.74, 6) is 0. The molecule has 0 amide bonds. The molecule has 1 nitrogen and oxygen atoms in total. The Kier molecular flexibility index (Phi) is 3.47. The van der Waals surface area contributed by atoms with Crippen molar-refractivity contribution in [3.8, 4) is 0 Å². The quantitative estimate of drug-likeness (QED) is 0.686. The van der Waals surface area contributed by atoms with Gasteiger partial charge >= 0.3 is 0 Å². The number of aliphatic imine (C=N–C) groups is 1. The Bertz CT molecular complexity index is 295. The van der Waals surface area contributed by atoms with Crippen LogP contribution in [0, 0.1) is 6.92 Å². The van der Waals surface area contributed by atoms with Gasteiger partial charge in [0.2, 0.25) is 0 Å². The van der Waals surface area contributed by atoms with Crippen molar-refractivity contribution in [2.24, 2.45) is 4.99 Å². The van der Waals surface area contributed by atoms with E-state index in [1.165, 1.54) is 5.56 Å². The van der Waals surface area contributed by atoms with E-state index in [1.54, 1.807) is 6.21 Å². The van der Waals surface area contributed by atoms with Gasteiger partial charge in [0, 0.05) is 15.2 Å². The Balaban J connectivity index is 3.28. The summed E-state index contributed by atoms with van der Waals surface area (Å²) < 4.78 is 2.04. The van der Waals surface area contributed by atoms with E-state index in [1.807, 2.05) is 19.1 Å². The molecular formula is C9H9Br2N. The second kappa shape index (κ2) is 4.19. The molecule has 1 aromatic carbocycles. The fourth-order valence-corrected chi connectivity index (χ4v) is 2.56. The summed E-state index contributed by atoms with van der Waals surface area (Å²) in [4.78, 5) is 4.23. The van der Waals surface area contributed by atoms with Crippen molar-refractivity contribution >= 4 is 43.8 Å². The average molecular weight is 291 g/mol. The van der Waals surface area contributed by atoms with Crippen LogP contribution in [0.3, 0.4) is 0 Å². The van der Waals surface area contributed by atoms with Gasteiger partial charge in [-0.05, 0) is 63.4 Å². The topological polar surface area (TPSA) is 12.4 Å². The molecule has 0 aliphatic carbocycles. The standard InChI is InChI=1S/C9H9Br2N/c1-3-12-9-7(10)4-6(2)5-8(9)11/h3-5H,1-2H3. The Morgan fingerprint density at radius 3 is 2.17 bits per heavy atom. The molecule has 0 radical (unpaired) electrons. The molecule has 3 heteroatoms. The number of benzene rings is 1. The lowest BCUT2D eigenvalue weighted by Gasteiger charge is -2.02. The predicted octanol–water partition coefficient (Wildman–Crippen LogP) is 4.24. The highest BCUT2D eigenvalue weighted by atomic mass is 79.9. The minimum absolute atomic E-state index is 0.947. The molecule has 1 aromatic rings. The third-order valence-corrected chi connectivity index (χ3v) is 2.63. The molecule has 64 valence electrons. The molecule has 0 bridgehead atoms. The molecular weight excluding hydrogens is 282 g/mol. The van der Waals surface area contributed by atoms with Crippen LogP contribution in [0.15, 0.2) is 26.1 Å². The summed E-state index contributed by atoms with van der Waals surface area (Å²) in [7, 11) is 0. The van der Waals surface area contributed by atoms with Crippen LogP contribution < -0.4 is 0 Å². The zero-order valence-electron chi connectivity index (χ0n) is 6.94. The van der Waals surface area contributed by atoms with E-state index in [4.69, 9.17) is 0 Å². The molecule has 0 saturated heterocycles. The number of hydrogen-bond acceptors (Lipinski definition) is 1. The van der Waals surface area contributed by atoms with Gasteiger partial charge in [-0.3, -0.25) is 4.99 Å². The first-order chi connectivity index (χ1) is 5.65. The zero-order valence-corrected chi connectivity index (χ0v) is 10.1. The SMILES string of the molecule is CC=Nc1c(Br)cc(C)cc1Br. The van der Waals surface area contributed by atoms with Crippen LogP contribution in [0.25, 0.3) is 0 Å². The maximum atomic E-state index is 4.23. The van der Waals surface area contributed by atoms with Crippen LogP contribution in [0.5, 0.6) is 0 Å². The number of aryl methyl sites for hydroxylation is 1. The first-order valence-corrected chi connectivity index (χ1v) is 5.18. The van der Waals surface area contributed by atoms with Crippen LogP contribution in [0.2, 0.25) is 0 Å². The van der Waals surface area contributed by atoms with Crippen molar-refractivity contribution in [1.29, 1.82) is 0 Å². The molecule has 0 saturated carbocycles. The third-order valence-electron chi connectivity index (χ3n) is 1.42. The number of rotatable bonds is 1. The lowest BCUT2D eigenvalue weighted by atomic mass is 10.2. The third kappa shape index (κ3) is 2.17. The summed E-state index contributed by atoms with van der Waals surface area (Å²) in [5, 5.41) is 0. The highest BCUT2D eigenvalue weighted by Gasteiger charge is 2.02. The summed E-state index contributed by atoms with van der Waals surface area (Å²) >= 11 is 6.91. The van der Waals surface area contributed by atoms with Crippen LogP contribution in [-0.2, 0) is 0 Å². The largest absolute Gasteiger partial charge is 0.259 e. The fourth-order valence-electron chi connectivity index (χ4n) is 0.945. The van der Waals surface area contributed by atoms with E-state index in [2.05, 4.69) is 43.8 Å². The van der Waals surface area contributed by atoms with Gasteiger partial charge in [-0.1, -0.05) is 0 Å².